The van der Waals surface area contributed by atoms with Crippen LogP contribution in [0.15, 0.2) is 22.6 Å². The first kappa shape index (κ1) is 8.08. The van der Waals surface area contributed by atoms with E-state index in [0.717, 1.165) is 13.0 Å². The Labute approximate surface area is 56.0 Å². The lowest BCUT2D eigenvalue weighted by molar-refractivity contribution is 0.935. The number of hydrogen-bond donors (Lipinski definition) is 0. The van der Waals surface area contributed by atoms with Crippen LogP contribution in [0.5, 0.6) is 0 Å². The van der Waals surface area contributed by atoms with Gasteiger partial charge in [0.2, 0.25) is 0 Å². The average Bonchev–Trinajstić information content (AvgIpc) is 1.89. The summed E-state index contributed by atoms with van der Waals surface area (Å²) in [7, 11) is 0. The van der Waals surface area contributed by atoms with Crippen molar-refractivity contribution in [3.63, 3.8) is 0 Å². The van der Waals surface area contributed by atoms with Crippen LogP contribution in [-0.2, 0) is 0 Å². The molecule has 9 heavy (non-hydrogen) atoms. The molecule has 0 aliphatic heterocycles. The second kappa shape index (κ2) is 7.08. The van der Waals surface area contributed by atoms with Gasteiger partial charge in [-0.05, 0) is 6.42 Å². The van der Waals surface area contributed by atoms with Gasteiger partial charge in [-0.2, -0.15) is 0 Å². The summed E-state index contributed by atoms with van der Waals surface area (Å²) in [6.45, 7) is 6.40. The summed E-state index contributed by atoms with van der Waals surface area (Å²) in [5.41, 5.74) is 0. The molecule has 50 valence electrons. The lowest BCUT2D eigenvalue weighted by Gasteiger charge is -1.79. The summed E-state index contributed by atoms with van der Waals surface area (Å²) in [6.07, 6.45) is 5.85. The van der Waals surface area contributed by atoms with Crippen LogP contribution in [0.2, 0.25) is 0 Å². The monoisotopic (exact) mass is 124 g/mol. The first-order chi connectivity index (χ1) is 4.41. The first-order valence-corrected chi connectivity index (χ1v) is 3.04. The summed E-state index contributed by atoms with van der Waals surface area (Å²) < 4.78 is 0. The van der Waals surface area contributed by atoms with E-state index in [1.165, 1.54) is 0 Å². The zero-order valence-corrected chi connectivity index (χ0v) is 5.75. The molecule has 2 nitrogen and oxygen atoms in total. The molecule has 0 radical (unpaired) electrons. The van der Waals surface area contributed by atoms with Crippen LogP contribution in [-0.4, -0.2) is 19.1 Å². The van der Waals surface area contributed by atoms with Gasteiger partial charge in [-0.1, -0.05) is 19.6 Å². The van der Waals surface area contributed by atoms with Crippen LogP contribution in [0.1, 0.15) is 13.3 Å². The van der Waals surface area contributed by atoms with E-state index in [1.807, 2.05) is 0 Å². The van der Waals surface area contributed by atoms with E-state index in [1.54, 1.807) is 18.6 Å². The maximum atomic E-state index is 3.96. The van der Waals surface area contributed by atoms with Crippen LogP contribution >= 0.6 is 0 Å². The number of nitrogens with zero attached hydrogens (tertiary/aromatic N) is 2. The normalized spacial score (nSPS) is 11.2. The third-order valence-corrected chi connectivity index (χ3v) is 0.692. The van der Waals surface area contributed by atoms with Gasteiger partial charge in [0.15, 0.2) is 0 Å². The van der Waals surface area contributed by atoms with Crippen molar-refractivity contribution in [2.45, 2.75) is 13.3 Å². The fraction of sp³-hybridized carbons (Fsp3) is 0.429. The molecule has 0 amide bonds. The van der Waals surface area contributed by atoms with E-state index < -0.39 is 0 Å². The molecule has 0 aromatic heterocycles. The van der Waals surface area contributed by atoms with Crippen molar-refractivity contribution in [2.75, 3.05) is 6.54 Å². The Morgan fingerprint density at radius 1 is 1.56 bits per heavy atom. The second-order valence-corrected chi connectivity index (χ2v) is 1.56. The largest absolute Gasteiger partial charge is 0.274 e. The molecule has 0 saturated heterocycles. The molecule has 0 rings (SSSR count). The number of hydrogen-bond acceptors (Lipinski definition) is 1. The molecule has 2 heteroatoms. The maximum absolute atomic E-state index is 3.96. The van der Waals surface area contributed by atoms with Gasteiger partial charge in [-0.15, -0.1) is 0 Å². The Morgan fingerprint density at radius 2 is 2.33 bits per heavy atom. The molecule has 0 aromatic carbocycles. The fourth-order valence-electron chi connectivity index (χ4n) is 0.333. The van der Waals surface area contributed by atoms with Gasteiger partial charge in [0.05, 0.1) is 0 Å². The average molecular weight is 124 g/mol. The van der Waals surface area contributed by atoms with E-state index in [4.69, 9.17) is 0 Å². The minimum absolute atomic E-state index is 0.856. The van der Waals surface area contributed by atoms with Crippen molar-refractivity contribution in [1.29, 1.82) is 0 Å². The van der Waals surface area contributed by atoms with Crippen LogP contribution in [0.25, 0.3) is 0 Å². The SMILES string of the molecule is C=C/C=N\C=N/CCC. The second-order valence-electron chi connectivity index (χ2n) is 1.56. The zero-order chi connectivity index (χ0) is 6.95. The Hall–Kier alpha value is -0.920. The molecule has 0 spiro atoms. The number of aliphatic imine (C=N–C) groups is 2. The Kier molecular flexibility index (Phi) is 6.36. The van der Waals surface area contributed by atoms with E-state index in [9.17, 15) is 0 Å². The Morgan fingerprint density at radius 3 is 2.89 bits per heavy atom. The Balaban J connectivity index is 3.23. The minimum Gasteiger partial charge on any atom is -0.274 e. The van der Waals surface area contributed by atoms with Gasteiger partial charge < -0.3 is 0 Å². The molecule has 0 bridgehead atoms. The van der Waals surface area contributed by atoms with Crippen molar-refractivity contribution >= 4 is 12.6 Å². The Bertz CT molecular complexity index is 114. The summed E-state index contributed by atoms with van der Waals surface area (Å²) >= 11 is 0. The summed E-state index contributed by atoms with van der Waals surface area (Å²) in [4.78, 5) is 7.75. The van der Waals surface area contributed by atoms with Gasteiger partial charge in [0.25, 0.3) is 0 Å². The molecule has 0 fully saturated rings. The third-order valence-electron chi connectivity index (χ3n) is 0.692. The molecule has 0 aromatic rings. The topological polar surface area (TPSA) is 24.7 Å². The summed E-state index contributed by atoms with van der Waals surface area (Å²) in [6, 6.07) is 0. The van der Waals surface area contributed by atoms with Crippen molar-refractivity contribution in [3.05, 3.63) is 12.7 Å². The van der Waals surface area contributed by atoms with Crippen molar-refractivity contribution in [2.24, 2.45) is 9.98 Å². The molecular formula is C7H12N2. The van der Waals surface area contributed by atoms with Crippen molar-refractivity contribution in [3.8, 4) is 0 Å². The quantitative estimate of drug-likeness (QED) is 0.402. The molecule has 0 N–H and O–H groups in total. The summed E-state index contributed by atoms with van der Waals surface area (Å²) in [5.74, 6) is 0. The van der Waals surface area contributed by atoms with Crippen LogP contribution in [0.4, 0.5) is 0 Å². The van der Waals surface area contributed by atoms with E-state index >= 15 is 0 Å². The molecular weight excluding hydrogens is 112 g/mol. The van der Waals surface area contributed by atoms with Crippen molar-refractivity contribution < 1.29 is 0 Å². The summed E-state index contributed by atoms with van der Waals surface area (Å²) in [5, 5.41) is 0. The minimum atomic E-state index is 0.856. The van der Waals surface area contributed by atoms with Gasteiger partial charge >= 0.3 is 0 Å². The predicted octanol–water partition coefficient (Wildman–Crippen LogP) is 1.68. The lowest BCUT2D eigenvalue weighted by Crippen LogP contribution is -1.74. The fourth-order valence-corrected chi connectivity index (χ4v) is 0.333. The molecule has 0 atom stereocenters. The zero-order valence-electron chi connectivity index (χ0n) is 5.75. The predicted molar refractivity (Wildman–Crippen MR) is 42.3 cm³/mol. The van der Waals surface area contributed by atoms with E-state index in [-0.39, 0.29) is 0 Å². The standard InChI is InChI=1S/C7H12N2/c1-3-5-8-7-9-6-4-2/h3,5,7H,1,4,6H2,2H3/b8-5-,9-7-. The highest BCUT2D eigenvalue weighted by Gasteiger charge is 1.67. The number of allylic oxidation sites excluding steroid dienone is 1. The van der Waals surface area contributed by atoms with E-state index in [0.29, 0.717) is 0 Å². The van der Waals surface area contributed by atoms with Crippen LogP contribution in [0, 0.1) is 0 Å². The van der Waals surface area contributed by atoms with Crippen molar-refractivity contribution in [1.82, 2.24) is 0 Å². The smallest absolute Gasteiger partial charge is 0.109 e. The molecule has 0 unspecified atom stereocenters. The molecule has 0 aliphatic rings. The van der Waals surface area contributed by atoms with Gasteiger partial charge in [0, 0.05) is 12.8 Å². The van der Waals surface area contributed by atoms with Gasteiger partial charge in [0.1, 0.15) is 6.34 Å². The highest BCUT2D eigenvalue weighted by Crippen LogP contribution is 1.74. The lowest BCUT2D eigenvalue weighted by atomic mass is 10.5. The van der Waals surface area contributed by atoms with Crippen LogP contribution < -0.4 is 0 Å². The number of rotatable bonds is 4. The highest BCUT2D eigenvalue weighted by atomic mass is 14.8. The van der Waals surface area contributed by atoms with E-state index in [2.05, 4.69) is 23.5 Å². The van der Waals surface area contributed by atoms with Crippen LogP contribution in [0.3, 0.4) is 0 Å². The maximum Gasteiger partial charge on any atom is 0.109 e. The first-order valence-electron chi connectivity index (χ1n) is 3.04. The highest BCUT2D eigenvalue weighted by molar-refractivity contribution is 5.79. The molecule has 0 heterocycles. The third kappa shape index (κ3) is 7.08. The molecule has 0 aliphatic carbocycles. The van der Waals surface area contributed by atoms with Gasteiger partial charge in [-0.3, -0.25) is 4.99 Å². The van der Waals surface area contributed by atoms with Gasteiger partial charge in [-0.25, -0.2) is 4.99 Å². The molecule has 0 saturated carbocycles.